The third-order valence-corrected chi connectivity index (χ3v) is 4.27. The Kier molecular flexibility index (Phi) is 4.52. The Balaban J connectivity index is 2.82. The van der Waals surface area contributed by atoms with Crippen LogP contribution in [0.2, 0.25) is 0 Å². The molecule has 4 nitrogen and oxygen atoms in total. The molecule has 1 aliphatic rings. The summed E-state index contributed by atoms with van der Waals surface area (Å²) < 4.78 is 29.1. The highest BCUT2D eigenvalue weighted by atomic mass is 32.2. The lowest BCUT2D eigenvalue weighted by molar-refractivity contribution is -1.10. The third-order valence-electron chi connectivity index (χ3n) is 3.10. The minimum atomic E-state index is -3.48. The molecule has 1 saturated heterocycles. The van der Waals surface area contributed by atoms with Crippen molar-refractivity contribution in [3.05, 3.63) is 12.7 Å². The van der Waals surface area contributed by atoms with Gasteiger partial charge in [0.15, 0.2) is 0 Å². The molecule has 0 saturated carbocycles. The van der Waals surface area contributed by atoms with Gasteiger partial charge in [0.1, 0.15) is 19.1 Å². The summed E-state index contributed by atoms with van der Waals surface area (Å²) in [6.07, 6.45) is 4.59. The quantitative estimate of drug-likeness (QED) is 0.551. The molecule has 0 aromatic rings. The fourth-order valence-corrected chi connectivity index (χ4v) is 3.25. The van der Waals surface area contributed by atoms with Crippen LogP contribution in [0.1, 0.15) is 33.1 Å². The molecule has 0 aliphatic carbocycles. The number of likely N-dealkylation sites (tertiary alicyclic amines) is 1. The molecule has 0 radical (unpaired) electrons. The van der Waals surface area contributed by atoms with E-state index < -0.39 is 10.1 Å². The van der Waals surface area contributed by atoms with Crippen LogP contribution in [0.15, 0.2) is 12.7 Å². The van der Waals surface area contributed by atoms with Gasteiger partial charge >= 0.3 is 10.1 Å². The molecule has 94 valence electrons. The molecule has 1 aliphatic heterocycles. The zero-order valence-electron chi connectivity index (χ0n) is 10.2. The molecule has 0 unspecified atom stereocenters. The Morgan fingerprint density at radius 1 is 1.31 bits per heavy atom. The number of hydrogen-bond donors (Lipinski definition) is 0. The van der Waals surface area contributed by atoms with Crippen molar-refractivity contribution in [3.8, 4) is 0 Å². The van der Waals surface area contributed by atoms with Crippen LogP contribution in [0.5, 0.6) is 0 Å². The van der Waals surface area contributed by atoms with Gasteiger partial charge in [-0.15, -0.1) is 6.58 Å². The Morgan fingerprint density at radius 3 is 2.31 bits per heavy atom. The lowest BCUT2D eigenvalue weighted by Crippen LogP contribution is -2.56. The van der Waals surface area contributed by atoms with Crippen LogP contribution in [-0.4, -0.2) is 37.9 Å². The zero-order valence-corrected chi connectivity index (χ0v) is 11.0. The largest absolute Gasteiger partial charge is 0.317 e. The second-order valence-corrected chi connectivity index (χ2v) is 6.24. The highest BCUT2D eigenvalue weighted by molar-refractivity contribution is 7.86. The standard InChI is InChI=1S/C11H22NO3S/c1-4-10-16(13,14)15-12(11(2)3)8-6-5-7-9-12/h4,11H,1,5-10H2,2-3H3/q+1. The summed E-state index contributed by atoms with van der Waals surface area (Å²) in [6.45, 7) is 9.03. The highest BCUT2D eigenvalue weighted by Crippen LogP contribution is 2.25. The van der Waals surface area contributed by atoms with Crippen LogP contribution >= 0.6 is 0 Å². The molecule has 0 N–H and O–H groups in total. The molecule has 0 aromatic carbocycles. The number of quaternary nitrogens is 1. The van der Waals surface area contributed by atoms with Gasteiger partial charge in [-0.25, -0.2) is 0 Å². The van der Waals surface area contributed by atoms with Crippen LogP contribution < -0.4 is 0 Å². The summed E-state index contributed by atoms with van der Waals surface area (Å²) >= 11 is 0. The lowest BCUT2D eigenvalue weighted by Gasteiger charge is -2.40. The topological polar surface area (TPSA) is 43.4 Å². The molecule has 1 heterocycles. The SMILES string of the molecule is C=CCS(=O)(=O)O[N+]1(C(C)C)CCCCC1. The number of hydrogen-bond acceptors (Lipinski definition) is 3. The van der Waals surface area contributed by atoms with Crippen molar-refractivity contribution in [1.82, 2.24) is 0 Å². The first-order valence-electron chi connectivity index (χ1n) is 5.83. The predicted octanol–water partition coefficient (Wildman–Crippen LogP) is 1.84. The molecule has 1 fully saturated rings. The van der Waals surface area contributed by atoms with Gasteiger partial charge in [0.25, 0.3) is 0 Å². The highest BCUT2D eigenvalue weighted by Gasteiger charge is 2.40. The Hall–Kier alpha value is -0.390. The summed E-state index contributed by atoms with van der Waals surface area (Å²) in [5.74, 6) is -0.111. The van der Waals surface area contributed by atoms with Gasteiger partial charge in [0.2, 0.25) is 0 Å². The van der Waals surface area contributed by atoms with Crippen LogP contribution in [0.4, 0.5) is 0 Å². The van der Waals surface area contributed by atoms with Crippen LogP contribution in [-0.2, 0) is 14.4 Å². The van der Waals surface area contributed by atoms with Gasteiger partial charge in [0, 0.05) is 0 Å². The van der Waals surface area contributed by atoms with Crippen molar-refractivity contribution >= 4 is 10.1 Å². The Labute approximate surface area is 98.6 Å². The number of rotatable bonds is 5. The first kappa shape index (κ1) is 13.7. The van der Waals surface area contributed by atoms with Crippen molar-refractivity contribution in [2.75, 3.05) is 18.8 Å². The normalized spacial score (nSPS) is 20.9. The Morgan fingerprint density at radius 2 is 1.88 bits per heavy atom. The van der Waals surface area contributed by atoms with E-state index >= 15 is 0 Å². The van der Waals surface area contributed by atoms with E-state index in [1.807, 2.05) is 13.8 Å². The van der Waals surface area contributed by atoms with E-state index in [0.717, 1.165) is 32.4 Å². The summed E-state index contributed by atoms with van der Waals surface area (Å²) in [6, 6.07) is 0.167. The van der Waals surface area contributed by atoms with E-state index in [2.05, 4.69) is 6.58 Å². The zero-order chi connectivity index (χ0) is 12.2. The van der Waals surface area contributed by atoms with Crippen LogP contribution in [0, 0.1) is 0 Å². The number of hydroxylamine groups is 3. The molecule has 0 amide bonds. The fraction of sp³-hybridized carbons (Fsp3) is 0.818. The minimum Gasteiger partial charge on any atom is -0.194 e. The molecule has 16 heavy (non-hydrogen) atoms. The van der Waals surface area contributed by atoms with Gasteiger partial charge in [0.05, 0.1) is 5.75 Å². The smallest absolute Gasteiger partial charge is 0.194 e. The maximum absolute atomic E-state index is 11.7. The lowest BCUT2D eigenvalue weighted by atomic mass is 10.1. The van der Waals surface area contributed by atoms with Crippen molar-refractivity contribution in [3.63, 3.8) is 0 Å². The van der Waals surface area contributed by atoms with Crippen molar-refractivity contribution in [2.45, 2.75) is 39.2 Å². The number of nitrogens with zero attached hydrogens (tertiary/aromatic N) is 1. The van der Waals surface area contributed by atoms with Gasteiger partial charge in [-0.2, -0.15) is 13.1 Å². The number of piperidine rings is 1. The van der Waals surface area contributed by atoms with E-state index in [1.54, 1.807) is 0 Å². The molecule has 1 rings (SSSR count). The summed E-state index contributed by atoms with van der Waals surface area (Å²) in [5.41, 5.74) is 0. The molecule has 5 heteroatoms. The second-order valence-electron chi connectivity index (χ2n) is 4.64. The average molecular weight is 248 g/mol. The molecule has 0 spiro atoms. The van der Waals surface area contributed by atoms with E-state index in [1.165, 1.54) is 6.08 Å². The van der Waals surface area contributed by atoms with Crippen LogP contribution in [0.25, 0.3) is 0 Å². The van der Waals surface area contributed by atoms with Crippen molar-refractivity contribution in [2.24, 2.45) is 0 Å². The maximum Gasteiger partial charge on any atom is 0.317 e. The van der Waals surface area contributed by atoms with Gasteiger partial charge in [-0.3, -0.25) is 0 Å². The maximum atomic E-state index is 11.7. The van der Waals surface area contributed by atoms with Crippen molar-refractivity contribution < 1.29 is 17.3 Å². The molecular formula is C11H22NO3S+. The first-order chi connectivity index (χ1) is 7.42. The van der Waals surface area contributed by atoms with Gasteiger partial charge in [-0.1, -0.05) is 10.4 Å². The van der Waals surface area contributed by atoms with Crippen LogP contribution in [0.3, 0.4) is 0 Å². The minimum absolute atomic E-state index is 0.111. The second kappa shape index (κ2) is 5.29. The fourth-order valence-electron chi connectivity index (χ4n) is 2.13. The molecular weight excluding hydrogens is 226 g/mol. The monoisotopic (exact) mass is 248 g/mol. The molecule has 0 bridgehead atoms. The van der Waals surface area contributed by atoms with Crippen molar-refractivity contribution in [1.29, 1.82) is 0 Å². The first-order valence-corrected chi connectivity index (χ1v) is 7.41. The summed E-state index contributed by atoms with van der Waals surface area (Å²) in [4.78, 5) is 0. The Bertz CT molecular complexity index is 329. The predicted molar refractivity (Wildman–Crippen MR) is 64.1 cm³/mol. The van der Waals surface area contributed by atoms with E-state index in [0.29, 0.717) is 0 Å². The molecule has 0 atom stereocenters. The average Bonchev–Trinajstić information content (AvgIpc) is 2.17. The van der Waals surface area contributed by atoms with E-state index in [9.17, 15) is 8.42 Å². The van der Waals surface area contributed by atoms with Gasteiger partial charge in [-0.05, 0) is 33.1 Å². The van der Waals surface area contributed by atoms with E-state index in [-0.39, 0.29) is 16.4 Å². The summed E-state index contributed by atoms with van der Waals surface area (Å²) in [7, 11) is -3.48. The third kappa shape index (κ3) is 3.30. The summed E-state index contributed by atoms with van der Waals surface area (Å²) in [5, 5.41) is 0. The molecule has 0 aromatic heterocycles. The van der Waals surface area contributed by atoms with E-state index in [4.69, 9.17) is 4.28 Å². The van der Waals surface area contributed by atoms with Gasteiger partial charge < -0.3 is 0 Å².